The molecule has 1 aliphatic heterocycles. The Hall–Kier alpha value is -2.59. The summed E-state index contributed by atoms with van der Waals surface area (Å²) in [7, 11) is 0. The standard InChI is InChI=1S/C22H27N3O/c23-22(26)20-11-14-25(15-12-20)17-19-8-4-10-21(16-19)24-13-5-9-18-6-2-1-3-7-18/h1-10,16,20,24H,11-15,17H2,(H2,23,26)/b9-5+. The van der Waals surface area contributed by atoms with E-state index in [2.05, 4.69) is 58.8 Å². The van der Waals surface area contributed by atoms with Crippen LogP contribution in [0.15, 0.2) is 60.7 Å². The number of piperidine rings is 1. The normalized spacial score (nSPS) is 16.0. The van der Waals surface area contributed by atoms with E-state index >= 15 is 0 Å². The summed E-state index contributed by atoms with van der Waals surface area (Å²) in [4.78, 5) is 13.7. The van der Waals surface area contributed by atoms with Crippen molar-refractivity contribution < 1.29 is 4.79 Å². The largest absolute Gasteiger partial charge is 0.382 e. The molecule has 0 saturated carbocycles. The molecule has 136 valence electrons. The van der Waals surface area contributed by atoms with Crippen LogP contribution in [0.3, 0.4) is 0 Å². The third-order valence-corrected chi connectivity index (χ3v) is 4.86. The van der Waals surface area contributed by atoms with Gasteiger partial charge in [0.05, 0.1) is 0 Å². The fraction of sp³-hybridized carbons (Fsp3) is 0.318. The quantitative estimate of drug-likeness (QED) is 0.804. The van der Waals surface area contributed by atoms with Crippen LogP contribution in [0.4, 0.5) is 5.69 Å². The van der Waals surface area contributed by atoms with Crippen LogP contribution in [0.2, 0.25) is 0 Å². The highest BCUT2D eigenvalue weighted by Gasteiger charge is 2.22. The molecule has 0 radical (unpaired) electrons. The molecule has 1 saturated heterocycles. The van der Waals surface area contributed by atoms with Crippen molar-refractivity contribution in [2.45, 2.75) is 19.4 Å². The van der Waals surface area contributed by atoms with Crippen molar-refractivity contribution in [3.63, 3.8) is 0 Å². The van der Waals surface area contributed by atoms with E-state index in [9.17, 15) is 4.79 Å². The van der Waals surface area contributed by atoms with Crippen molar-refractivity contribution in [3.05, 3.63) is 71.8 Å². The summed E-state index contributed by atoms with van der Waals surface area (Å²) < 4.78 is 0. The summed E-state index contributed by atoms with van der Waals surface area (Å²) in [6, 6.07) is 18.9. The first kappa shape index (κ1) is 18.2. The van der Waals surface area contributed by atoms with Crippen LogP contribution in [0.25, 0.3) is 6.08 Å². The molecule has 2 aromatic rings. The van der Waals surface area contributed by atoms with Crippen molar-refractivity contribution in [2.75, 3.05) is 25.0 Å². The molecule has 1 amide bonds. The van der Waals surface area contributed by atoms with Crippen molar-refractivity contribution in [3.8, 4) is 0 Å². The fourth-order valence-corrected chi connectivity index (χ4v) is 3.35. The predicted molar refractivity (Wildman–Crippen MR) is 108 cm³/mol. The maximum Gasteiger partial charge on any atom is 0.220 e. The van der Waals surface area contributed by atoms with Gasteiger partial charge in [0.25, 0.3) is 0 Å². The smallest absolute Gasteiger partial charge is 0.220 e. The number of nitrogens with zero attached hydrogens (tertiary/aromatic N) is 1. The zero-order valence-corrected chi connectivity index (χ0v) is 15.1. The van der Waals surface area contributed by atoms with Crippen LogP contribution in [0.5, 0.6) is 0 Å². The maximum atomic E-state index is 11.3. The summed E-state index contributed by atoms with van der Waals surface area (Å²) in [5.41, 5.74) is 9.04. The Labute approximate surface area is 155 Å². The van der Waals surface area contributed by atoms with Gasteiger partial charge in [-0.05, 0) is 49.2 Å². The van der Waals surface area contributed by atoms with Crippen LogP contribution in [0.1, 0.15) is 24.0 Å². The number of nitrogens with one attached hydrogen (secondary N) is 1. The molecule has 1 aliphatic rings. The lowest BCUT2D eigenvalue weighted by molar-refractivity contribution is -0.123. The second-order valence-electron chi connectivity index (χ2n) is 6.85. The molecule has 3 rings (SSSR count). The highest BCUT2D eigenvalue weighted by molar-refractivity contribution is 5.76. The Kier molecular flexibility index (Phi) is 6.45. The third-order valence-electron chi connectivity index (χ3n) is 4.86. The Morgan fingerprint density at radius 1 is 1.12 bits per heavy atom. The Morgan fingerprint density at radius 3 is 2.62 bits per heavy atom. The van der Waals surface area contributed by atoms with Crippen LogP contribution in [0, 0.1) is 5.92 Å². The SMILES string of the molecule is NC(=O)C1CCN(Cc2cccc(NC/C=C/c3ccccc3)c2)CC1. The van der Waals surface area contributed by atoms with Gasteiger partial charge in [0.2, 0.25) is 5.91 Å². The lowest BCUT2D eigenvalue weighted by Gasteiger charge is -2.30. The minimum Gasteiger partial charge on any atom is -0.382 e. The molecule has 0 aliphatic carbocycles. The van der Waals surface area contributed by atoms with E-state index in [-0.39, 0.29) is 11.8 Å². The molecule has 3 N–H and O–H groups in total. The molecule has 1 fully saturated rings. The van der Waals surface area contributed by atoms with Gasteiger partial charge in [0.15, 0.2) is 0 Å². The van der Waals surface area contributed by atoms with Gasteiger partial charge >= 0.3 is 0 Å². The highest BCUT2D eigenvalue weighted by Crippen LogP contribution is 2.20. The van der Waals surface area contributed by atoms with E-state index in [1.807, 2.05) is 18.2 Å². The Morgan fingerprint density at radius 2 is 1.88 bits per heavy atom. The number of hydrogen-bond acceptors (Lipinski definition) is 3. The average Bonchev–Trinajstić information content (AvgIpc) is 2.67. The van der Waals surface area contributed by atoms with Gasteiger partial charge < -0.3 is 11.1 Å². The maximum absolute atomic E-state index is 11.3. The number of likely N-dealkylation sites (tertiary alicyclic amines) is 1. The Bertz CT molecular complexity index is 734. The van der Waals surface area contributed by atoms with E-state index in [1.54, 1.807) is 0 Å². The Balaban J connectivity index is 1.47. The van der Waals surface area contributed by atoms with Crippen LogP contribution < -0.4 is 11.1 Å². The fourth-order valence-electron chi connectivity index (χ4n) is 3.35. The molecular formula is C22H27N3O. The van der Waals surface area contributed by atoms with Crippen LogP contribution in [-0.2, 0) is 11.3 Å². The van der Waals surface area contributed by atoms with Crippen molar-refractivity contribution in [1.29, 1.82) is 0 Å². The lowest BCUT2D eigenvalue weighted by Crippen LogP contribution is -2.38. The van der Waals surface area contributed by atoms with Gasteiger partial charge in [0, 0.05) is 24.7 Å². The molecular weight excluding hydrogens is 322 g/mol. The molecule has 1 heterocycles. The second kappa shape index (κ2) is 9.20. The summed E-state index contributed by atoms with van der Waals surface area (Å²) in [5, 5.41) is 3.45. The van der Waals surface area contributed by atoms with E-state index < -0.39 is 0 Å². The van der Waals surface area contributed by atoms with E-state index in [1.165, 1.54) is 11.1 Å². The number of rotatable bonds is 7. The van der Waals surface area contributed by atoms with E-state index in [4.69, 9.17) is 5.73 Å². The third kappa shape index (κ3) is 5.46. The molecule has 4 nitrogen and oxygen atoms in total. The van der Waals surface area contributed by atoms with Gasteiger partial charge in [-0.15, -0.1) is 0 Å². The number of nitrogens with two attached hydrogens (primary N) is 1. The molecule has 0 spiro atoms. The second-order valence-corrected chi connectivity index (χ2v) is 6.85. The first-order valence-electron chi connectivity index (χ1n) is 9.27. The molecule has 4 heteroatoms. The van der Waals surface area contributed by atoms with Gasteiger partial charge in [-0.2, -0.15) is 0 Å². The minimum atomic E-state index is -0.153. The number of primary amides is 1. The number of carbonyl (C=O) groups excluding carboxylic acids is 1. The van der Waals surface area contributed by atoms with Crippen LogP contribution >= 0.6 is 0 Å². The van der Waals surface area contributed by atoms with Gasteiger partial charge in [-0.3, -0.25) is 9.69 Å². The summed E-state index contributed by atoms with van der Waals surface area (Å²) >= 11 is 0. The molecule has 0 unspecified atom stereocenters. The summed E-state index contributed by atoms with van der Waals surface area (Å²) in [5.74, 6) is -0.102. The number of amides is 1. The van der Waals surface area contributed by atoms with Gasteiger partial charge in [0.1, 0.15) is 0 Å². The lowest BCUT2D eigenvalue weighted by atomic mass is 9.96. The molecule has 0 aromatic heterocycles. The first-order valence-corrected chi connectivity index (χ1v) is 9.27. The topological polar surface area (TPSA) is 58.4 Å². The highest BCUT2D eigenvalue weighted by atomic mass is 16.1. The van der Waals surface area contributed by atoms with Crippen molar-refractivity contribution >= 4 is 17.7 Å². The zero-order chi connectivity index (χ0) is 18.2. The summed E-state index contributed by atoms with van der Waals surface area (Å²) in [6.45, 7) is 3.58. The number of carbonyl (C=O) groups is 1. The molecule has 0 atom stereocenters. The summed E-state index contributed by atoms with van der Waals surface area (Å²) in [6.07, 6.45) is 6.01. The van der Waals surface area contributed by atoms with Gasteiger partial charge in [-0.1, -0.05) is 54.6 Å². The van der Waals surface area contributed by atoms with E-state index in [0.29, 0.717) is 0 Å². The molecule has 26 heavy (non-hydrogen) atoms. The monoisotopic (exact) mass is 349 g/mol. The number of hydrogen-bond donors (Lipinski definition) is 2. The minimum absolute atomic E-state index is 0.0515. The first-order chi connectivity index (χ1) is 12.7. The zero-order valence-electron chi connectivity index (χ0n) is 15.1. The van der Waals surface area contributed by atoms with Crippen molar-refractivity contribution in [1.82, 2.24) is 4.90 Å². The average molecular weight is 349 g/mol. The van der Waals surface area contributed by atoms with Gasteiger partial charge in [-0.25, -0.2) is 0 Å². The molecule has 2 aromatic carbocycles. The molecule has 0 bridgehead atoms. The predicted octanol–water partition coefficient (Wildman–Crippen LogP) is 3.51. The van der Waals surface area contributed by atoms with Crippen molar-refractivity contribution in [2.24, 2.45) is 11.7 Å². The number of benzene rings is 2. The van der Waals surface area contributed by atoms with Crippen LogP contribution in [-0.4, -0.2) is 30.4 Å². The van der Waals surface area contributed by atoms with E-state index in [0.717, 1.165) is 44.7 Å². The number of anilines is 1.